The zero-order valence-electron chi connectivity index (χ0n) is 45.4. The fraction of sp³-hybridized carbons (Fsp3) is 0.424. The van der Waals surface area contributed by atoms with Crippen molar-refractivity contribution in [3.8, 4) is 46.0 Å². The second-order valence-electron chi connectivity index (χ2n) is 21.4. The minimum atomic E-state index is -0.313. The summed E-state index contributed by atoms with van der Waals surface area (Å²) in [5.74, 6) is 2.63. The maximum absolute atomic E-state index is 15.7. The minimum absolute atomic E-state index is 0.193. The molecular weight excluding hydrogens is 1110 g/mol. The van der Waals surface area contributed by atoms with Gasteiger partial charge >= 0.3 is 0 Å². The van der Waals surface area contributed by atoms with Gasteiger partial charge in [-0.25, -0.2) is 0 Å². The number of ketones is 2. The molecule has 4 aliphatic heterocycles. The van der Waals surface area contributed by atoms with Crippen LogP contribution in [0, 0.1) is 0 Å². The Hall–Kier alpha value is -5.98. The van der Waals surface area contributed by atoms with Crippen LogP contribution < -0.4 is 37.9 Å². The Morgan fingerprint density at radius 2 is 0.590 bits per heavy atom. The number of ether oxygens (including phenoxy) is 8. The van der Waals surface area contributed by atoms with Crippen LogP contribution in [0.15, 0.2) is 93.9 Å². The lowest BCUT2D eigenvalue weighted by Crippen LogP contribution is -2.25. The van der Waals surface area contributed by atoms with Crippen LogP contribution in [0.5, 0.6) is 46.0 Å². The van der Waals surface area contributed by atoms with Gasteiger partial charge < -0.3 is 37.9 Å². The van der Waals surface area contributed by atoms with Gasteiger partial charge in [0.25, 0.3) is 0 Å². The van der Waals surface area contributed by atoms with Crippen molar-refractivity contribution in [1.29, 1.82) is 0 Å². The number of halogens is 2. The summed E-state index contributed by atoms with van der Waals surface area (Å²) in [5, 5.41) is 0. The van der Waals surface area contributed by atoms with Gasteiger partial charge in [-0.1, -0.05) is 165 Å². The first kappa shape index (κ1) is 54.0. The fourth-order valence-corrected chi connectivity index (χ4v) is 14.1. The molecule has 0 N–H and O–H groups in total. The van der Waals surface area contributed by atoms with Gasteiger partial charge in [0, 0.05) is 79.3 Å². The maximum Gasteiger partial charge on any atom is 0.231 e. The van der Waals surface area contributed by atoms with Crippen molar-refractivity contribution in [2.45, 2.75) is 154 Å². The molecule has 5 aliphatic rings. The van der Waals surface area contributed by atoms with Gasteiger partial charge in [-0.05, 0) is 81.8 Å². The third-order valence-corrected chi connectivity index (χ3v) is 18.0. The Bertz CT molecular complexity index is 2830. The summed E-state index contributed by atoms with van der Waals surface area (Å²) < 4.78 is 56.5. The first-order chi connectivity index (χ1) is 38.3. The van der Waals surface area contributed by atoms with Crippen molar-refractivity contribution in [2.75, 3.05) is 27.2 Å². The third kappa shape index (κ3) is 10.1. The van der Waals surface area contributed by atoms with Crippen molar-refractivity contribution in [3.63, 3.8) is 0 Å². The van der Waals surface area contributed by atoms with Crippen molar-refractivity contribution in [3.05, 3.63) is 161 Å². The first-order valence-corrected chi connectivity index (χ1v) is 30.2. The molecule has 0 saturated heterocycles. The van der Waals surface area contributed by atoms with Crippen LogP contribution >= 0.6 is 31.9 Å². The molecule has 0 fully saturated rings. The molecule has 1 aliphatic carbocycles. The van der Waals surface area contributed by atoms with E-state index in [4.69, 9.17) is 37.9 Å². The van der Waals surface area contributed by atoms with Crippen molar-refractivity contribution in [1.82, 2.24) is 0 Å². The SMILES string of the molecule is CCCCCC1c2cc3c4c(Br)c2OCOc2c1cc1c(c2C(=O)c2ccccc2)OCOc2c(cc5c(c2Br)OCOc2c(cc(c(c2C(=O)c2ccccc2)OCO4)C3CCCCC)C5CCCCC)C1CCCCC. The molecule has 6 aromatic carbocycles. The average molecular weight is 1180 g/mol. The average Bonchev–Trinajstić information content (AvgIpc) is 3.64. The van der Waals surface area contributed by atoms with E-state index in [1.807, 2.05) is 60.7 Å². The number of carbonyl (C=O) groups is 2. The fourth-order valence-electron chi connectivity index (χ4n) is 12.7. The van der Waals surface area contributed by atoms with E-state index in [1.54, 1.807) is 0 Å². The number of hydrogen-bond acceptors (Lipinski definition) is 10. The summed E-state index contributed by atoms with van der Waals surface area (Å²) in [6, 6.07) is 28.1. The van der Waals surface area contributed by atoms with Crippen molar-refractivity contribution in [2.24, 2.45) is 0 Å². The van der Waals surface area contributed by atoms with E-state index >= 15 is 9.59 Å². The summed E-state index contributed by atoms with van der Waals surface area (Å²) in [6.07, 6.45) is 14.7. The Balaban J connectivity index is 1.33. The van der Waals surface area contributed by atoms with E-state index in [-0.39, 0.29) is 62.4 Å². The molecule has 4 unspecified atom stereocenters. The van der Waals surface area contributed by atoms with E-state index in [0.29, 0.717) is 77.2 Å². The normalized spacial score (nSPS) is 18.1. The summed E-state index contributed by atoms with van der Waals surface area (Å²) in [5.41, 5.74) is 9.27. The van der Waals surface area contributed by atoms with Crippen LogP contribution in [0.1, 0.15) is 230 Å². The lowest BCUT2D eigenvalue weighted by molar-refractivity contribution is 0.0903. The number of rotatable bonds is 20. The van der Waals surface area contributed by atoms with Gasteiger partial charge in [0.1, 0.15) is 66.1 Å². The predicted molar refractivity (Wildman–Crippen MR) is 309 cm³/mol. The second kappa shape index (κ2) is 24.2. The number of benzene rings is 6. The summed E-state index contributed by atoms with van der Waals surface area (Å²) in [7, 11) is 0. The third-order valence-electron chi connectivity index (χ3n) is 16.6. The van der Waals surface area contributed by atoms with E-state index in [9.17, 15) is 0 Å². The van der Waals surface area contributed by atoms with Gasteiger partial charge in [0.2, 0.25) is 38.7 Å². The Kier molecular flexibility index (Phi) is 16.7. The highest BCUT2D eigenvalue weighted by atomic mass is 79.9. The van der Waals surface area contributed by atoms with E-state index in [2.05, 4.69) is 83.8 Å². The van der Waals surface area contributed by atoms with Crippen LogP contribution in [-0.4, -0.2) is 38.7 Å². The number of carbonyl (C=O) groups excluding carboxylic acids is 2. The lowest BCUT2D eigenvalue weighted by Gasteiger charge is -2.37. The molecule has 12 heteroatoms. The van der Waals surface area contributed by atoms with Crippen molar-refractivity contribution < 1.29 is 47.5 Å². The largest absolute Gasteiger partial charge is 0.456 e. The number of hydrogen-bond donors (Lipinski definition) is 0. The molecule has 0 saturated carbocycles. The highest BCUT2D eigenvalue weighted by molar-refractivity contribution is 9.11. The lowest BCUT2D eigenvalue weighted by atomic mass is 9.74. The Morgan fingerprint density at radius 1 is 0.359 bits per heavy atom. The summed E-state index contributed by atoms with van der Waals surface area (Å²) in [4.78, 5) is 31.3. The molecular formula is C66H70Br2O10. The molecule has 6 aromatic rings. The van der Waals surface area contributed by atoms with Gasteiger partial charge in [0.15, 0.2) is 0 Å². The number of unbranched alkanes of at least 4 members (excludes halogenated alkanes) is 8. The highest BCUT2D eigenvalue weighted by Crippen LogP contribution is 2.60. The van der Waals surface area contributed by atoms with Gasteiger partial charge in [-0.3, -0.25) is 9.59 Å². The van der Waals surface area contributed by atoms with Gasteiger partial charge in [-0.2, -0.15) is 0 Å². The van der Waals surface area contributed by atoms with Crippen LogP contribution in [0.2, 0.25) is 0 Å². The van der Waals surface area contributed by atoms with Crippen LogP contribution in [0.25, 0.3) is 0 Å². The van der Waals surface area contributed by atoms with Crippen molar-refractivity contribution >= 4 is 43.4 Å². The molecule has 4 heterocycles. The molecule has 0 radical (unpaired) electrons. The van der Waals surface area contributed by atoms with E-state index in [0.717, 1.165) is 147 Å². The second-order valence-corrected chi connectivity index (χ2v) is 23.0. The molecule has 408 valence electrons. The zero-order valence-corrected chi connectivity index (χ0v) is 48.5. The Morgan fingerprint density at radius 3 is 0.833 bits per heavy atom. The molecule has 0 spiro atoms. The highest BCUT2D eigenvalue weighted by Gasteiger charge is 2.43. The molecule has 78 heavy (non-hydrogen) atoms. The van der Waals surface area contributed by atoms with Crippen LogP contribution in [0.4, 0.5) is 0 Å². The molecule has 10 nitrogen and oxygen atoms in total. The molecule has 0 aromatic heterocycles. The van der Waals surface area contributed by atoms with Crippen LogP contribution in [0.3, 0.4) is 0 Å². The topological polar surface area (TPSA) is 108 Å². The Labute approximate surface area is 476 Å². The summed E-state index contributed by atoms with van der Waals surface area (Å²) >= 11 is 8.25. The molecule has 0 amide bonds. The maximum atomic E-state index is 15.7. The minimum Gasteiger partial charge on any atom is -0.456 e. The molecule has 4 atom stereocenters. The molecule has 8 bridgehead atoms. The first-order valence-electron chi connectivity index (χ1n) is 28.6. The summed E-state index contributed by atoms with van der Waals surface area (Å²) in [6.45, 7) is 8.13. The van der Waals surface area contributed by atoms with Crippen LogP contribution in [-0.2, 0) is 0 Å². The quantitative estimate of drug-likeness (QED) is 0.0542. The van der Waals surface area contributed by atoms with E-state index < -0.39 is 0 Å². The monoisotopic (exact) mass is 1180 g/mol. The predicted octanol–water partition coefficient (Wildman–Crippen LogP) is 17.8. The van der Waals surface area contributed by atoms with Gasteiger partial charge in [0.05, 0.1) is 0 Å². The van der Waals surface area contributed by atoms with E-state index in [1.165, 1.54) is 0 Å². The molecule has 11 rings (SSSR count). The smallest absolute Gasteiger partial charge is 0.231 e. The van der Waals surface area contributed by atoms with Gasteiger partial charge in [-0.15, -0.1) is 0 Å². The standard InChI is InChI=1S/C66H70Br2O10/c1-5-9-15-27-41-45-31-46-42(28-16-10-6-2)51-34-52-44(30-18-12-8-4)48-32-47-43(29-17-11-7-3)50-33-49(41)63-55(67)64(50)76-37-73-61(47)54(58(70)40-25-21-14-22-26-40)62(48)74-38-78-66(52)56(68)65(51)77-36-72-60(46)53(59(45)71-35-75-63)57(69)39-23-19-13-20-24-39/h13-14,19-26,31-34,41-44H,5-12,15-18,27-30,35-38H2,1-4H3. The zero-order chi connectivity index (χ0) is 53.9.